The highest BCUT2D eigenvalue weighted by atomic mass is 16.5. The Morgan fingerprint density at radius 1 is 1.19 bits per heavy atom. The van der Waals surface area contributed by atoms with E-state index in [-0.39, 0.29) is 24.7 Å². The van der Waals surface area contributed by atoms with Crippen molar-refractivity contribution in [2.75, 3.05) is 34.0 Å². The van der Waals surface area contributed by atoms with Crippen LogP contribution in [0.4, 0.5) is 0 Å². The van der Waals surface area contributed by atoms with Crippen LogP contribution in [-0.2, 0) is 14.2 Å². The molecule has 1 aliphatic rings. The molecule has 0 radical (unpaired) electrons. The van der Waals surface area contributed by atoms with E-state index in [4.69, 9.17) is 14.2 Å². The van der Waals surface area contributed by atoms with Crippen LogP contribution in [0.5, 0.6) is 0 Å². The molecule has 1 rings (SSSR count). The summed E-state index contributed by atoms with van der Waals surface area (Å²) >= 11 is 0. The largest absolute Gasteiger partial charge is 0.394 e. The average molecular weight is 236 g/mol. The zero-order valence-corrected chi connectivity index (χ0v) is 9.83. The highest BCUT2D eigenvalue weighted by molar-refractivity contribution is 4.91. The van der Waals surface area contributed by atoms with Crippen molar-refractivity contribution in [1.29, 1.82) is 0 Å². The summed E-state index contributed by atoms with van der Waals surface area (Å²) in [5, 5.41) is 19.3. The lowest BCUT2D eigenvalue weighted by atomic mass is 9.86. The number of hydrogen-bond acceptors (Lipinski definition) is 5. The Kier molecular flexibility index (Phi) is 5.60. The van der Waals surface area contributed by atoms with Gasteiger partial charge in [0.25, 0.3) is 0 Å². The van der Waals surface area contributed by atoms with Gasteiger partial charge in [-0.2, -0.15) is 0 Å². The third kappa shape index (κ3) is 2.91. The van der Waals surface area contributed by atoms with Crippen LogP contribution in [0.3, 0.4) is 0 Å². The molecule has 2 unspecified atom stereocenters. The molecule has 0 aromatic rings. The monoisotopic (exact) mass is 236 g/mol. The van der Waals surface area contributed by atoms with Crippen molar-refractivity contribution >= 4 is 0 Å². The lowest BCUT2D eigenvalue weighted by Gasteiger charge is -2.40. The van der Waals surface area contributed by atoms with Crippen LogP contribution in [0.2, 0.25) is 0 Å². The van der Waals surface area contributed by atoms with E-state index in [9.17, 15) is 10.2 Å². The van der Waals surface area contributed by atoms with Crippen LogP contribution in [0, 0.1) is 5.92 Å². The Bertz CT molecular complexity index is 202. The molecular weight excluding hydrogens is 214 g/mol. The summed E-state index contributed by atoms with van der Waals surface area (Å²) in [6.45, 7) is 0.567. The number of hydrogen-bond donors (Lipinski definition) is 3. The molecule has 0 aliphatic carbocycles. The quantitative estimate of drug-likeness (QED) is 0.496. The molecule has 0 aromatic heterocycles. The Morgan fingerprint density at radius 3 is 2.31 bits per heavy atom. The second-order valence-corrected chi connectivity index (χ2v) is 4.12. The Labute approximate surface area is 95.3 Å². The Balaban J connectivity index is 2.68. The average Bonchev–Trinajstić information content (AvgIpc) is 2.29. The van der Waals surface area contributed by atoms with Crippen LogP contribution in [0.15, 0.2) is 0 Å². The van der Waals surface area contributed by atoms with E-state index < -0.39 is 12.2 Å². The number of ether oxygens (including phenoxy) is 3. The number of aliphatic hydroxyl groups excluding tert-OH is 2. The minimum atomic E-state index is -0.647. The number of rotatable bonds is 5. The predicted molar refractivity (Wildman–Crippen MR) is 55.7 cm³/mol. The maximum absolute atomic E-state index is 10.1. The topological polar surface area (TPSA) is 95.8 Å². The molecule has 0 saturated carbocycles. The van der Waals surface area contributed by atoms with Crippen molar-refractivity contribution < 1.29 is 30.2 Å². The third-order valence-corrected chi connectivity index (χ3v) is 3.05. The van der Waals surface area contributed by atoms with E-state index in [2.05, 4.69) is 5.73 Å². The fourth-order valence-electron chi connectivity index (χ4n) is 2.09. The van der Waals surface area contributed by atoms with E-state index in [0.717, 1.165) is 0 Å². The molecule has 0 spiro atoms. The Hall–Kier alpha value is -0.240. The maximum Gasteiger partial charge on any atom is 0.140 e. The Morgan fingerprint density at radius 2 is 1.81 bits per heavy atom. The predicted octanol–water partition coefficient (Wildman–Crippen LogP) is -2.37. The van der Waals surface area contributed by atoms with E-state index in [1.165, 1.54) is 0 Å². The normalized spacial score (nSPS) is 39.9. The molecule has 1 fully saturated rings. The van der Waals surface area contributed by atoms with Crippen molar-refractivity contribution in [2.45, 2.75) is 24.4 Å². The van der Waals surface area contributed by atoms with Gasteiger partial charge in [0.1, 0.15) is 18.2 Å². The third-order valence-electron chi connectivity index (χ3n) is 3.05. The second-order valence-electron chi connectivity index (χ2n) is 4.12. The smallest absolute Gasteiger partial charge is 0.140 e. The molecule has 1 heterocycles. The zero-order chi connectivity index (χ0) is 12.1. The molecule has 1 aliphatic heterocycles. The van der Waals surface area contributed by atoms with Crippen LogP contribution < -0.4 is 5.73 Å². The first-order valence-electron chi connectivity index (χ1n) is 5.41. The minimum absolute atomic E-state index is 0.141. The van der Waals surface area contributed by atoms with Gasteiger partial charge in [0, 0.05) is 20.1 Å². The molecule has 1 saturated heterocycles. The summed E-state index contributed by atoms with van der Waals surface area (Å²) in [7, 11) is 3.12. The van der Waals surface area contributed by atoms with E-state index in [1.54, 1.807) is 14.2 Å². The highest BCUT2D eigenvalue weighted by Crippen LogP contribution is 2.24. The summed E-state index contributed by atoms with van der Waals surface area (Å²) < 4.78 is 15.7. The van der Waals surface area contributed by atoms with Gasteiger partial charge in [0.05, 0.1) is 25.9 Å². The lowest BCUT2D eigenvalue weighted by molar-refractivity contribution is -0.477. The van der Waals surface area contributed by atoms with Crippen molar-refractivity contribution in [3.8, 4) is 0 Å². The molecule has 6 nitrogen and oxygen atoms in total. The van der Waals surface area contributed by atoms with Gasteiger partial charge in [-0.3, -0.25) is 0 Å². The first-order chi connectivity index (χ1) is 7.65. The van der Waals surface area contributed by atoms with E-state index >= 15 is 0 Å². The number of methoxy groups -OCH3 is 2. The van der Waals surface area contributed by atoms with Gasteiger partial charge in [-0.15, -0.1) is 0 Å². The van der Waals surface area contributed by atoms with Crippen molar-refractivity contribution in [1.82, 2.24) is 0 Å². The fourth-order valence-corrected chi connectivity index (χ4v) is 2.09. The van der Waals surface area contributed by atoms with Gasteiger partial charge >= 0.3 is 0 Å². The number of aliphatic hydroxyl groups is 2. The fraction of sp³-hybridized carbons (Fsp3) is 1.00. The van der Waals surface area contributed by atoms with Crippen LogP contribution in [0.1, 0.15) is 0 Å². The van der Waals surface area contributed by atoms with Gasteiger partial charge in [-0.25, -0.2) is 0 Å². The molecule has 5 N–H and O–H groups in total. The first kappa shape index (κ1) is 13.8. The second kappa shape index (κ2) is 6.48. The van der Waals surface area contributed by atoms with E-state index in [1.807, 2.05) is 0 Å². The summed E-state index contributed by atoms with van der Waals surface area (Å²) in [4.78, 5) is 0. The SMILES string of the molecule is COCC1[C@H](O)C([NH3+])[C@H](COC)O[C@@H]1CO. The minimum Gasteiger partial charge on any atom is -0.394 e. The summed E-state index contributed by atoms with van der Waals surface area (Å²) in [5.41, 5.74) is 3.89. The van der Waals surface area contributed by atoms with Gasteiger partial charge in [0.15, 0.2) is 0 Å². The summed E-state index contributed by atoms with van der Waals surface area (Å²) in [5.74, 6) is -0.245. The zero-order valence-electron chi connectivity index (χ0n) is 9.83. The van der Waals surface area contributed by atoms with Crippen LogP contribution in [-0.4, -0.2) is 68.6 Å². The van der Waals surface area contributed by atoms with Crippen molar-refractivity contribution in [3.63, 3.8) is 0 Å². The summed E-state index contributed by atoms with van der Waals surface area (Å²) in [6, 6.07) is -0.275. The molecule has 5 atom stereocenters. The lowest BCUT2D eigenvalue weighted by Crippen LogP contribution is -2.77. The molecule has 0 aromatic carbocycles. The van der Waals surface area contributed by atoms with Gasteiger partial charge < -0.3 is 30.2 Å². The standard InChI is InChI=1S/C10H21NO5/c1-14-4-6-7(3-12)16-8(5-15-2)9(11)10(6)13/h6-10,12-13H,3-5,11H2,1-2H3/p+1/t6?,7-,8+,9?,10+/m1/s1. The number of quaternary nitrogens is 1. The van der Waals surface area contributed by atoms with Crippen LogP contribution >= 0.6 is 0 Å². The molecule has 0 bridgehead atoms. The molecule has 6 heteroatoms. The first-order valence-corrected chi connectivity index (χ1v) is 5.41. The van der Waals surface area contributed by atoms with E-state index in [0.29, 0.717) is 13.2 Å². The van der Waals surface area contributed by atoms with Crippen LogP contribution in [0.25, 0.3) is 0 Å². The molecule has 96 valence electrons. The van der Waals surface area contributed by atoms with Crippen molar-refractivity contribution in [3.05, 3.63) is 0 Å². The van der Waals surface area contributed by atoms with Gasteiger partial charge in [-0.1, -0.05) is 0 Å². The van der Waals surface area contributed by atoms with Gasteiger partial charge in [0.2, 0.25) is 0 Å². The van der Waals surface area contributed by atoms with Gasteiger partial charge in [-0.05, 0) is 0 Å². The maximum atomic E-state index is 10.1. The molecule has 0 amide bonds. The van der Waals surface area contributed by atoms with Crippen molar-refractivity contribution in [2.24, 2.45) is 5.92 Å². The molecular formula is C10H22NO5+. The highest BCUT2D eigenvalue weighted by Gasteiger charge is 2.45. The molecule has 16 heavy (non-hydrogen) atoms. The summed E-state index contributed by atoms with van der Waals surface area (Å²) in [6.07, 6.45) is -1.36.